The standard InChI is InChI=1S/C18H21N5O2/c1-12-3-2-4-13(21-12)8-23-9-14-15(11-25-16(14)10-23)18(24)22-17-7-19-5-6-20-17/h2-7,14-16H,8-11H2,1H3,(H,20,22,24)/t14-,15+,16-/m0/s1. The molecule has 0 unspecified atom stereocenters. The number of rotatable bonds is 4. The van der Waals surface area contributed by atoms with Gasteiger partial charge in [-0.15, -0.1) is 0 Å². The van der Waals surface area contributed by atoms with Crippen LogP contribution >= 0.6 is 0 Å². The van der Waals surface area contributed by atoms with Gasteiger partial charge >= 0.3 is 0 Å². The SMILES string of the molecule is Cc1cccc(CN2C[C@@H]3[C@H](C2)OC[C@H]3C(=O)Nc2cnccn2)n1. The van der Waals surface area contributed by atoms with Crippen LogP contribution in [0.5, 0.6) is 0 Å². The highest BCUT2D eigenvalue weighted by atomic mass is 16.5. The lowest BCUT2D eigenvalue weighted by molar-refractivity contribution is -0.120. The van der Waals surface area contributed by atoms with Gasteiger partial charge in [-0.1, -0.05) is 6.07 Å². The Labute approximate surface area is 146 Å². The number of ether oxygens (including phenoxy) is 1. The molecule has 0 aromatic carbocycles. The van der Waals surface area contributed by atoms with Gasteiger partial charge < -0.3 is 10.1 Å². The van der Waals surface area contributed by atoms with Crippen molar-refractivity contribution in [2.75, 3.05) is 25.0 Å². The second-order valence-corrected chi connectivity index (χ2v) is 6.69. The number of likely N-dealkylation sites (tertiary alicyclic amines) is 1. The first-order chi connectivity index (χ1) is 12.2. The normalized spacial score (nSPS) is 25.7. The maximum Gasteiger partial charge on any atom is 0.231 e. The number of fused-ring (bicyclic) bond motifs is 1. The van der Waals surface area contributed by atoms with Crippen LogP contribution < -0.4 is 5.32 Å². The number of carbonyl (C=O) groups excluding carboxylic acids is 1. The summed E-state index contributed by atoms with van der Waals surface area (Å²) in [5.41, 5.74) is 2.08. The molecular weight excluding hydrogens is 318 g/mol. The summed E-state index contributed by atoms with van der Waals surface area (Å²) in [4.78, 5) is 27.5. The van der Waals surface area contributed by atoms with Gasteiger partial charge in [0.2, 0.25) is 5.91 Å². The van der Waals surface area contributed by atoms with E-state index in [-0.39, 0.29) is 23.8 Å². The number of pyridine rings is 1. The molecule has 2 aliphatic rings. The summed E-state index contributed by atoms with van der Waals surface area (Å²) in [5, 5.41) is 2.85. The van der Waals surface area contributed by atoms with Crippen molar-refractivity contribution in [3.05, 3.63) is 48.2 Å². The van der Waals surface area contributed by atoms with Crippen molar-refractivity contribution < 1.29 is 9.53 Å². The molecular formula is C18H21N5O2. The molecule has 0 radical (unpaired) electrons. The molecule has 7 nitrogen and oxygen atoms in total. The van der Waals surface area contributed by atoms with E-state index in [1.165, 1.54) is 0 Å². The number of hydrogen-bond acceptors (Lipinski definition) is 6. The van der Waals surface area contributed by atoms with Crippen LogP contribution in [0.3, 0.4) is 0 Å². The zero-order valence-corrected chi connectivity index (χ0v) is 14.1. The summed E-state index contributed by atoms with van der Waals surface area (Å²) in [5.74, 6) is 0.502. The van der Waals surface area contributed by atoms with E-state index < -0.39 is 0 Å². The monoisotopic (exact) mass is 339 g/mol. The highest BCUT2D eigenvalue weighted by Crippen LogP contribution is 2.34. The van der Waals surface area contributed by atoms with Crippen LogP contribution in [0.25, 0.3) is 0 Å². The first kappa shape index (κ1) is 16.1. The van der Waals surface area contributed by atoms with Crippen molar-refractivity contribution >= 4 is 11.7 Å². The summed E-state index contributed by atoms with van der Waals surface area (Å²) in [6.45, 7) is 4.95. The minimum absolute atomic E-state index is 0.0384. The van der Waals surface area contributed by atoms with Crippen molar-refractivity contribution in [3.63, 3.8) is 0 Å². The highest BCUT2D eigenvalue weighted by molar-refractivity contribution is 5.92. The smallest absolute Gasteiger partial charge is 0.231 e. The van der Waals surface area contributed by atoms with Crippen molar-refractivity contribution in [3.8, 4) is 0 Å². The number of hydrogen-bond donors (Lipinski definition) is 1. The third-order valence-electron chi connectivity index (χ3n) is 4.87. The first-order valence-electron chi connectivity index (χ1n) is 8.52. The predicted molar refractivity (Wildman–Crippen MR) is 91.6 cm³/mol. The fourth-order valence-corrected chi connectivity index (χ4v) is 3.69. The van der Waals surface area contributed by atoms with E-state index in [2.05, 4.69) is 25.2 Å². The average Bonchev–Trinajstić information content (AvgIpc) is 3.15. The molecule has 7 heteroatoms. The Balaban J connectivity index is 1.38. The topological polar surface area (TPSA) is 80.2 Å². The van der Waals surface area contributed by atoms with Crippen LogP contribution in [-0.4, -0.2) is 51.6 Å². The first-order valence-corrected chi connectivity index (χ1v) is 8.52. The second kappa shape index (κ2) is 6.85. The summed E-state index contributed by atoms with van der Waals surface area (Å²) in [6.07, 6.45) is 4.81. The number of anilines is 1. The number of amides is 1. The Hall–Kier alpha value is -2.38. The number of nitrogens with zero attached hydrogens (tertiary/aromatic N) is 4. The van der Waals surface area contributed by atoms with Gasteiger partial charge in [0.25, 0.3) is 0 Å². The number of aryl methyl sites for hydroxylation is 1. The Morgan fingerprint density at radius 1 is 1.36 bits per heavy atom. The van der Waals surface area contributed by atoms with Crippen LogP contribution in [0.4, 0.5) is 5.82 Å². The van der Waals surface area contributed by atoms with Crippen LogP contribution in [0.1, 0.15) is 11.4 Å². The Morgan fingerprint density at radius 2 is 2.28 bits per heavy atom. The molecule has 4 heterocycles. The average molecular weight is 339 g/mol. The van der Waals surface area contributed by atoms with Gasteiger partial charge in [-0.25, -0.2) is 4.98 Å². The molecule has 0 aliphatic carbocycles. The molecule has 4 rings (SSSR count). The van der Waals surface area contributed by atoms with Crippen molar-refractivity contribution in [1.29, 1.82) is 0 Å². The Bertz CT molecular complexity index is 754. The third-order valence-corrected chi connectivity index (χ3v) is 4.87. The van der Waals surface area contributed by atoms with Crippen LogP contribution in [0, 0.1) is 18.8 Å². The molecule has 0 bridgehead atoms. The van der Waals surface area contributed by atoms with Gasteiger partial charge in [-0.2, -0.15) is 0 Å². The van der Waals surface area contributed by atoms with Crippen LogP contribution in [0.2, 0.25) is 0 Å². The van der Waals surface area contributed by atoms with E-state index >= 15 is 0 Å². The zero-order valence-electron chi connectivity index (χ0n) is 14.1. The lowest BCUT2D eigenvalue weighted by atomic mass is 9.92. The van der Waals surface area contributed by atoms with Crippen molar-refractivity contribution in [2.24, 2.45) is 11.8 Å². The third kappa shape index (κ3) is 3.52. The van der Waals surface area contributed by atoms with Gasteiger partial charge in [0.1, 0.15) is 0 Å². The van der Waals surface area contributed by atoms with Crippen molar-refractivity contribution in [2.45, 2.75) is 19.6 Å². The lowest BCUT2D eigenvalue weighted by Crippen LogP contribution is -2.32. The molecule has 2 aromatic rings. The zero-order chi connectivity index (χ0) is 17.2. The molecule has 1 amide bonds. The van der Waals surface area contributed by atoms with Gasteiger partial charge in [0.05, 0.1) is 30.5 Å². The molecule has 1 N–H and O–H groups in total. The van der Waals surface area contributed by atoms with E-state index in [0.29, 0.717) is 12.4 Å². The minimum atomic E-state index is -0.150. The molecule has 2 aliphatic heterocycles. The maximum atomic E-state index is 12.6. The number of carbonyl (C=O) groups is 1. The van der Waals surface area contributed by atoms with Crippen molar-refractivity contribution in [1.82, 2.24) is 19.9 Å². The fraction of sp³-hybridized carbons (Fsp3) is 0.444. The van der Waals surface area contributed by atoms with E-state index in [9.17, 15) is 4.79 Å². The quantitative estimate of drug-likeness (QED) is 0.903. The van der Waals surface area contributed by atoms with Gasteiger partial charge in [0, 0.05) is 43.6 Å². The van der Waals surface area contributed by atoms with Gasteiger partial charge in [0.15, 0.2) is 5.82 Å². The molecule has 2 fully saturated rings. The molecule has 25 heavy (non-hydrogen) atoms. The summed E-state index contributed by atoms with van der Waals surface area (Å²) >= 11 is 0. The maximum absolute atomic E-state index is 12.6. The Kier molecular flexibility index (Phi) is 4.42. The molecule has 0 spiro atoms. The largest absolute Gasteiger partial charge is 0.376 e. The summed E-state index contributed by atoms with van der Waals surface area (Å²) in [7, 11) is 0. The minimum Gasteiger partial charge on any atom is -0.376 e. The van der Waals surface area contributed by atoms with E-state index in [0.717, 1.165) is 31.0 Å². The number of aromatic nitrogens is 3. The summed E-state index contributed by atoms with van der Waals surface area (Å²) in [6, 6.07) is 6.07. The Morgan fingerprint density at radius 3 is 3.08 bits per heavy atom. The van der Waals surface area contributed by atoms with Crippen LogP contribution in [0.15, 0.2) is 36.8 Å². The van der Waals surface area contributed by atoms with E-state index in [1.807, 2.05) is 25.1 Å². The number of nitrogens with one attached hydrogen (secondary N) is 1. The highest BCUT2D eigenvalue weighted by Gasteiger charge is 2.46. The van der Waals surface area contributed by atoms with Gasteiger partial charge in [-0.05, 0) is 19.1 Å². The second-order valence-electron chi connectivity index (χ2n) is 6.69. The van der Waals surface area contributed by atoms with Crippen LogP contribution in [-0.2, 0) is 16.1 Å². The molecule has 130 valence electrons. The molecule has 0 saturated carbocycles. The molecule has 2 saturated heterocycles. The summed E-state index contributed by atoms with van der Waals surface area (Å²) < 4.78 is 5.88. The van der Waals surface area contributed by atoms with E-state index in [4.69, 9.17) is 4.74 Å². The fourth-order valence-electron chi connectivity index (χ4n) is 3.69. The molecule has 3 atom stereocenters. The predicted octanol–water partition coefficient (Wildman–Crippen LogP) is 1.27. The van der Waals surface area contributed by atoms with E-state index in [1.54, 1.807) is 18.6 Å². The molecule has 2 aromatic heterocycles. The van der Waals surface area contributed by atoms with Gasteiger partial charge in [-0.3, -0.25) is 19.7 Å². The lowest BCUT2D eigenvalue weighted by Gasteiger charge is -2.19.